The lowest BCUT2D eigenvalue weighted by Crippen LogP contribution is -2.48. The molecule has 0 saturated heterocycles. The summed E-state index contributed by atoms with van der Waals surface area (Å²) in [7, 11) is -3.28. The van der Waals surface area contributed by atoms with E-state index >= 15 is 0 Å². The molecule has 0 aromatic heterocycles. The molecule has 2 unspecified atom stereocenters. The van der Waals surface area contributed by atoms with Crippen LogP contribution in [0.1, 0.15) is 66.2 Å². The van der Waals surface area contributed by atoms with Gasteiger partial charge < -0.3 is 10.6 Å². The number of rotatable bonds is 9. The molecule has 168 valence electrons. The van der Waals surface area contributed by atoms with Gasteiger partial charge in [0.1, 0.15) is 15.9 Å². The molecule has 0 bridgehead atoms. The van der Waals surface area contributed by atoms with Crippen molar-refractivity contribution in [2.24, 2.45) is 0 Å². The summed E-state index contributed by atoms with van der Waals surface area (Å²) in [6, 6.07) is 13.8. The summed E-state index contributed by atoms with van der Waals surface area (Å²) >= 11 is 0. The first kappa shape index (κ1) is 24.6. The Kier molecular flexibility index (Phi) is 8.39. The molecule has 2 amide bonds. The smallest absolute Gasteiger partial charge is 0.251 e. The summed E-state index contributed by atoms with van der Waals surface area (Å²) in [6.07, 6.45) is 1.12. The van der Waals surface area contributed by atoms with Gasteiger partial charge >= 0.3 is 0 Å². The number of aryl methyl sites for hydroxylation is 1. The minimum atomic E-state index is -3.28. The highest BCUT2D eigenvalue weighted by molar-refractivity contribution is 7.90. The highest BCUT2D eigenvalue weighted by atomic mass is 32.2. The lowest BCUT2D eigenvalue weighted by Gasteiger charge is -2.22. The summed E-state index contributed by atoms with van der Waals surface area (Å²) in [5, 5.41) is 5.60. The molecule has 2 atom stereocenters. The molecular formula is C24H32N2O4S. The van der Waals surface area contributed by atoms with E-state index in [4.69, 9.17) is 0 Å². The van der Waals surface area contributed by atoms with Gasteiger partial charge in [0, 0.05) is 11.8 Å². The number of sulfone groups is 1. The molecule has 0 aliphatic carbocycles. The number of hydrogen-bond acceptors (Lipinski definition) is 4. The Balaban J connectivity index is 2.13. The SMILES string of the molecule is Cc1cccc(C(=O)NC(CCS(C)(=O)=O)C(=O)NC(C)c2ccc(C(C)C)cc2)c1. The molecule has 0 radical (unpaired) electrons. The summed E-state index contributed by atoms with van der Waals surface area (Å²) in [4.78, 5) is 25.6. The second kappa shape index (κ2) is 10.6. The van der Waals surface area contributed by atoms with E-state index in [9.17, 15) is 18.0 Å². The molecule has 2 N–H and O–H groups in total. The highest BCUT2D eigenvalue weighted by Gasteiger charge is 2.24. The Hall–Kier alpha value is -2.67. The molecule has 0 fully saturated rings. The number of carbonyl (C=O) groups is 2. The van der Waals surface area contributed by atoms with Crippen molar-refractivity contribution in [1.82, 2.24) is 10.6 Å². The zero-order valence-electron chi connectivity index (χ0n) is 18.8. The van der Waals surface area contributed by atoms with Crippen molar-refractivity contribution >= 4 is 21.7 Å². The van der Waals surface area contributed by atoms with Crippen molar-refractivity contribution in [2.45, 2.75) is 52.1 Å². The molecular weight excluding hydrogens is 412 g/mol. The monoisotopic (exact) mass is 444 g/mol. The third-order valence-electron chi connectivity index (χ3n) is 5.14. The van der Waals surface area contributed by atoms with Crippen LogP contribution in [-0.4, -0.2) is 38.3 Å². The van der Waals surface area contributed by atoms with Crippen LogP contribution in [0.5, 0.6) is 0 Å². The molecule has 0 aliphatic rings. The summed E-state index contributed by atoms with van der Waals surface area (Å²) in [6.45, 7) is 7.96. The standard InChI is InChI=1S/C24H32N2O4S/c1-16(2)19-9-11-20(12-10-19)18(4)25-24(28)22(13-14-31(5,29)30)26-23(27)21-8-6-7-17(3)15-21/h6-12,15-16,18,22H,13-14H2,1-5H3,(H,25,28)(H,26,27). The van der Waals surface area contributed by atoms with E-state index in [0.717, 1.165) is 17.4 Å². The van der Waals surface area contributed by atoms with Gasteiger partial charge in [0.05, 0.1) is 11.8 Å². The van der Waals surface area contributed by atoms with Crippen LogP contribution in [0.15, 0.2) is 48.5 Å². The Morgan fingerprint density at radius 1 is 0.935 bits per heavy atom. The maximum Gasteiger partial charge on any atom is 0.251 e. The summed E-state index contributed by atoms with van der Waals surface area (Å²) in [5.41, 5.74) is 3.49. The third kappa shape index (κ3) is 7.83. The lowest BCUT2D eigenvalue weighted by atomic mass is 9.99. The van der Waals surface area contributed by atoms with E-state index in [1.807, 2.05) is 44.2 Å². The Morgan fingerprint density at radius 3 is 2.10 bits per heavy atom. The first-order chi connectivity index (χ1) is 14.5. The second-order valence-electron chi connectivity index (χ2n) is 8.37. The van der Waals surface area contributed by atoms with E-state index in [2.05, 4.69) is 24.5 Å². The van der Waals surface area contributed by atoms with Gasteiger partial charge in [-0.2, -0.15) is 0 Å². The molecule has 0 aliphatic heterocycles. The maximum absolute atomic E-state index is 12.9. The largest absolute Gasteiger partial charge is 0.348 e. The van der Waals surface area contributed by atoms with Crippen LogP contribution in [-0.2, 0) is 14.6 Å². The van der Waals surface area contributed by atoms with Gasteiger partial charge in [0.25, 0.3) is 5.91 Å². The van der Waals surface area contributed by atoms with E-state index in [-0.39, 0.29) is 18.2 Å². The first-order valence-electron chi connectivity index (χ1n) is 10.4. The van der Waals surface area contributed by atoms with Crippen molar-refractivity contribution in [1.29, 1.82) is 0 Å². The van der Waals surface area contributed by atoms with Crippen molar-refractivity contribution in [2.75, 3.05) is 12.0 Å². The van der Waals surface area contributed by atoms with Crippen LogP contribution in [0.4, 0.5) is 0 Å². The van der Waals surface area contributed by atoms with Gasteiger partial charge in [-0.15, -0.1) is 0 Å². The third-order valence-corrected chi connectivity index (χ3v) is 6.12. The topological polar surface area (TPSA) is 92.3 Å². The van der Waals surface area contributed by atoms with Gasteiger partial charge in [-0.05, 0) is 49.4 Å². The van der Waals surface area contributed by atoms with Crippen LogP contribution < -0.4 is 10.6 Å². The van der Waals surface area contributed by atoms with Crippen molar-refractivity contribution in [3.63, 3.8) is 0 Å². The molecule has 2 aromatic rings. The predicted molar refractivity (Wildman–Crippen MR) is 124 cm³/mol. The highest BCUT2D eigenvalue weighted by Crippen LogP contribution is 2.19. The zero-order valence-corrected chi connectivity index (χ0v) is 19.6. The number of benzene rings is 2. The average Bonchev–Trinajstić information content (AvgIpc) is 2.70. The van der Waals surface area contributed by atoms with E-state index in [0.29, 0.717) is 11.5 Å². The van der Waals surface area contributed by atoms with Crippen molar-refractivity contribution in [3.05, 3.63) is 70.8 Å². The number of amides is 2. The van der Waals surface area contributed by atoms with E-state index < -0.39 is 27.7 Å². The van der Waals surface area contributed by atoms with Crippen molar-refractivity contribution < 1.29 is 18.0 Å². The Morgan fingerprint density at radius 2 is 1.55 bits per heavy atom. The molecule has 2 rings (SSSR count). The maximum atomic E-state index is 12.9. The molecule has 0 spiro atoms. The van der Waals surface area contributed by atoms with Crippen LogP contribution >= 0.6 is 0 Å². The van der Waals surface area contributed by atoms with E-state index in [1.165, 1.54) is 5.56 Å². The van der Waals surface area contributed by atoms with Crippen molar-refractivity contribution in [3.8, 4) is 0 Å². The van der Waals surface area contributed by atoms with Crippen LogP contribution in [0, 0.1) is 6.92 Å². The summed E-state index contributed by atoms with van der Waals surface area (Å²) in [5.74, 6) is -0.607. The van der Waals surface area contributed by atoms with Crippen LogP contribution in [0.2, 0.25) is 0 Å². The fraction of sp³-hybridized carbons (Fsp3) is 0.417. The quantitative estimate of drug-likeness (QED) is 0.619. The number of hydrogen-bond donors (Lipinski definition) is 2. The van der Waals surface area contributed by atoms with Crippen LogP contribution in [0.3, 0.4) is 0 Å². The lowest BCUT2D eigenvalue weighted by molar-refractivity contribution is -0.123. The van der Waals surface area contributed by atoms with Gasteiger partial charge in [-0.3, -0.25) is 9.59 Å². The summed E-state index contributed by atoms with van der Waals surface area (Å²) < 4.78 is 23.3. The van der Waals surface area contributed by atoms with Crippen LogP contribution in [0.25, 0.3) is 0 Å². The molecule has 7 heteroatoms. The predicted octanol–water partition coefficient (Wildman–Crippen LogP) is 3.53. The van der Waals surface area contributed by atoms with E-state index in [1.54, 1.807) is 18.2 Å². The molecule has 6 nitrogen and oxygen atoms in total. The number of carbonyl (C=O) groups excluding carboxylic acids is 2. The minimum absolute atomic E-state index is 0.00122. The Bertz CT molecular complexity index is 1010. The zero-order chi connectivity index (χ0) is 23.2. The molecule has 31 heavy (non-hydrogen) atoms. The fourth-order valence-corrected chi connectivity index (χ4v) is 3.86. The Labute approximate surface area is 185 Å². The fourth-order valence-electron chi connectivity index (χ4n) is 3.20. The number of nitrogens with one attached hydrogen (secondary N) is 2. The van der Waals surface area contributed by atoms with Gasteiger partial charge in [0.15, 0.2) is 0 Å². The second-order valence-corrected chi connectivity index (χ2v) is 10.6. The average molecular weight is 445 g/mol. The molecule has 0 heterocycles. The normalized spacial score (nSPS) is 13.5. The van der Waals surface area contributed by atoms with Gasteiger partial charge in [0.2, 0.25) is 5.91 Å². The molecule has 0 saturated carbocycles. The first-order valence-corrected chi connectivity index (χ1v) is 12.5. The van der Waals surface area contributed by atoms with Gasteiger partial charge in [-0.25, -0.2) is 8.42 Å². The molecule has 2 aromatic carbocycles. The van der Waals surface area contributed by atoms with Gasteiger partial charge in [-0.1, -0.05) is 55.8 Å². The minimum Gasteiger partial charge on any atom is -0.348 e.